The summed E-state index contributed by atoms with van der Waals surface area (Å²) in [6.45, 7) is 7.40. The van der Waals surface area contributed by atoms with Gasteiger partial charge in [-0.2, -0.15) is 0 Å². The van der Waals surface area contributed by atoms with Gasteiger partial charge < -0.3 is 15.5 Å². The molecule has 0 saturated carbocycles. The Labute approximate surface area is 185 Å². The van der Waals surface area contributed by atoms with E-state index >= 15 is 0 Å². The van der Waals surface area contributed by atoms with Crippen molar-refractivity contribution in [1.29, 1.82) is 0 Å². The number of nitrogens with one attached hydrogen (secondary N) is 2. The summed E-state index contributed by atoms with van der Waals surface area (Å²) in [7, 11) is -3.20. The molecule has 7 nitrogen and oxygen atoms in total. The van der Waals surface area contributed by atoms with Gasteiger partial charge in [0.25, 0.3) is 0 Å². The molecular formula is C19H31IN4O3S. The van der Waals surface area contributed by atoms with Crippen LogP contribution in [0.4, 0.5) is 0 Å². The van der Waals surface area contributed by atoms with E-state index in [1.54, 1.807) is 19.1 Å². The largest absolute Gasteiger partial charge is 0.357 e. The maximum absolute atomic E-state index is 11.7. The topological polar surface area (TPSA) is 90.9 Å². The summed E-state index contributed by atoms with van der Waals surface area (Å²) >= 11 is 0. The molecule has 1 aromatic rings. The zero-order chi connectivity index (χ0) is 19.9. The van der Waals surface area contributed by atoms with Gasteiger partial charge in [0.05, 0.1) is 11.4 Å². The average Bonchev–Trinajstić information content (AvgIpc) is 3.00. The van der Waals surface area contributed by atoms with E-state index in [9.17, 15) is 13.2 Å². The number of benzene rings is 1. The highest BCUT2D eigenvalue weighted by Gasteiger charge is 2.18. The minimum atomic E-state index is -3.20. The molecule has 0 unspecified atom stereocenters. The standard InChI is InChI=1S/C19H30N4O3S.HI/c1-4-20-19(21-10-6-12-23-11-5-7-18(23)24)22-14-16-8-9-17(15(2)13-16)27(3,25)26;/h8-9,13H,4-7,10-12,14H2,1-3H3,(H2,20,21,22);1H. The van der Waals surface area contributed by atoms with Crippen molar-refractivity contribution in [2.75, 3.05) is 32.4 Å². The number of hydrogen-bond acceptors (Lipinski definition) is 4. The van der Waals surface area contributed by atoms with Crippen molar-refractivity contribution in [3.8, 4) is 0 Å². The zero-order valence-corrected chi connectivity index (χ0v) is 20.0. The van der Waals surface area contributed by atoms with Gasteiger partial charge in [0, 0.05) is 38.9 Å². The van der Waals surface area contributed by atoms with Crippen LogP contribution in [-0.4, -0.2) is 57.6 Å². The summed E-state index contributed by atoms with van der Waals surface area (Å²) in [6.07, 6.45) is 3.73. The third-order valence-corrected chi connectivity index (χ3v) is 5.73. The number of nitrogens with zero attached hydrogens (tertiary/aromatic N) is 2. The number of carbonyl (C=O) groups is 1. The van der Waals surface area contributed by atoms with Crippen LogP contribution in [0.1, 0.15) is 37.3 Å². The Kier molecular flexibility index (Phi) is 10.2. The fraction of sp³-hybridized carbons (Fsp3) is 0.579. The van der Waals surface area contributed by atoms with Crippen LogP contribution in [0, 0.1) is 6.92 Å². The van der Waals surface area contributed by atoms with Crippen molar-refractivity contribution in [2.45, 2.75) is 44.6 Å². The number of amides is 1. The molecule has 0 radical (unpaired) electrons. The Hall–Kier alpha value is -1.36. The normalized spacial score (nSPS) is 14.8. The quantitative estimate of drug-likeness (QED) is 0.236. The predicted octanol–water partition coefficient (Wildman–Crippen LogP) is 2.08. The highest BCUT2D eigenvalue weighted by Crippen LogP contribution is 2.17. The van der Waals surface area contributed by atoms with Crippen molar-refractivity contribution < 1.29 is 13.2 Å². The lowest BCUT2D eigenvalue weighted by Gasteiger charge is -2.16. The molecule has 158 valence electrons. The van der Waals surface area contributed by atoms with E-state index in [0.29, 0.717) is 17.9 Å². The van der Waals surface area contributed by atoms with E-state index < -0.39 is 9.84 Å². The van der Waals surface area contributed by atoms with Gasteiger partial charge >= 0.3 is 0 Å². The number of rotatable bonds is 8. The first-order valence-corrected chi connectivity index (χ1v) is 11.3. The van der Waals surface area contributed by atoms with Crippen molar-refractivity contribution in [2.24, 2.45) is 4.99 Å². The van der Waals surface area contributed by atoms with Gasteiger partial charge in [-0.25, -0.2) is 13.4 Å². The van der Waals surface area contributed by atoms with Crippen LogP contribution < -0.4 is 10.6 Å². The monoisotopic (exact) mass is 522 g/mol. The number of likely N-dealkylation sites (tertiary alicyclic amines) is 1. The molecule has 1 aliphatic rings. The van der Waals surface area contributed by atoms with Crippen LogP contribution in [-0.2, 0) is 21.2 Å². The van der Waals surface area contributed by atoms with Gasteiger partial charge in [-0.05, 0) is 43.9 Å². The summed E-state index contributed by atoms with van der Waals surface area (Å²) in [5, 5.41) is 6.49. The molecule has 0 atom stereocenters. The summed E-state index contributed by atoms with van der Waals surface area (Å²) in [5.74, 6) is 0.971. The molecule has 9 heteroatoms. The van der Waals surface area contributed by atoms with Crippen molar-refractivity contribution in [3.05, 3.63) is 29.3 Å². The lowest BCUT2D eigenvalue weighted by Crippen LogP contribution is -2.39. The van der Waals surface area contributed by atoms with E-state index in [2.05, 4.69) is 15.6 Å². The van der Waals surface area contributed by atoms with Crippen LogP contribution in [0.25, 0.3) is 0 Å². The molecule has 28 heavy (non-hydrogen) atoms. The number of hydrogen-bond donors (Lipinski definition) is 2. The lowest BCUT2D eigenvalue weighted by atomic mass is 10.1. The number of aliphatic imine (C=N–C) groups is 1. The van der Waals surface area contributed by atoms with Gasteiger partial charge in [0.2, 0.25) is 5.91 Å². The number of halogens is 1. The van der Waals surface area contributed by atoms with Crippen LogP contribution in [0.2, 0.25) is 0 Å². The molecule has 1 amide bonds. The molecule has 1 fully saturated rings. The van der Waals surface area contributed by atoms with Gasteiger partial charge in [-0.15, -0.1) is 24.0 Å². The SMILES string of the molecule is CCNC(=NCc1ccc(S(C)(=O)=O)c(C)c1)NCCCN1CCCC1=O.I. The second-order valence-corrected chi connectivity index (χ2v) is 8.82. The first-order valence-electron chi connectivity index (χ1n) is 9.41. The lowest BCUT2D eigenvalue weighted by molar-refractivity contribution is -0.127. The molecule has 1 aliphatic heterocycles. The summed E-state index contributed by atoms with van der Waals surface area (Å²) in [6, 6.07) is 5.31. The molecule has 1 heterocycles. The molecule has 0 aromatic heterocycles. The van der Waals surface area contributed by atoms with E-state index in [-0.39, 0.29) is 29.9 Å². The third-order valence-electron chi connectivity index (χ3n) is 4.47. The second-order valence-electron chi connectivity index (χ2n) is 6.83. The molecule has 0 spiro atoms. The Morgan fingerprint density at radius 2 is 2.04 bits per heavy atom. The summed E-state index contributed by atoms with van der Waals surface area (Å²) in [4.78, 5) is 18.4. The van der Waals surface area contributed by atoms with Crippen molar-refractivity contribution in [1.82, 2.24) is 15.5 Å². The molecule has 0 bridgehead atoms. The fourth-order valence-electron chi connectivity index (χ4n) is 3.16. The highest BCUT2D eigenvalue weighted by atomic mass is 127. The van der Waals surface area contributed by atoms with Crippen LogP contribution in [0.3, 0.4) is 0 Å². The second kappa shape index (κ2) is 11.6. The number of carbonyl (C=O) groups excluding carboxylic acids is 1. The van der Waals surface area contributed by atoms with E-state index in [1.165, 1.54) is 6.26 Å². The van der Waals surface area contributed by atoms with Gasteiger partial charge in [-0.3, -0.25) is 4.79 Å². The maximum atomic E-state index is 11.7. The maximum Gasteiger partial charge on any atom is 0.222 e. The van der Waals surface area contributed by atoms with Crippen LogP contribution in [0.15, 0.2) is 28.1 Å². The van der Waals surface area contributed by atoms with E-state index in [0.717, 1.165) is 56.1 Å². The van der Waals surface area contributed by atoms with Crippen LogP contribution >= 0.6 is 24.0 Å². The Morgan fingerprint density at radius 1 is 1.29 bits per heavy atom. The summed E-state index contributed by atoms with van der Waals surface area (Å²) < 4.78 is 23.4. The fourth-order valence-corrected chi connectivity index (χ4v) is 4.11. The number of sulfone groups is 1. The molecule has 0 aliphatic carbocycles. The minimum Gasteiger partial charge on any atom is -0.357 e. The van der Waals surface area contributed by atoms with Crippen molar-refractivity contribution >= 4 is 45.7 Å². The Balaban J connectivity index is 0.00000392. The predicted molar refractivity (Wildman–Crippen MR) is 123 cm³/mol. The van der Waals surface area contributed by atoms with Gasteiger partial charge in [0.15, 0.2) is 15.8 Å². The zero-order valence-electron chi connectivity index (χ0n) is 16.8. The third kappa shape index (κ3) is 7.57. The average molecular weight is 522 g/mol. The Morgan fingerprint density at radius 3 is 2.61 bits per heavy atom. The molecular weight excluding hydrogens is 491 g/mol. The van der Waals surface area contributed by atoms with Crippen molar-refractivity contribution in [3.63, 3.8) is 0 Å². The van der Waals surface area contributed by atoms with Gasteiger partial charge in [0.1, 0.15) is 0 Å². The minimum absolute atomic E-state index is 0. The van der Waals surface area contributed by atoms with Crippen LogP contribution in [0.5, 0.6) is 0 Å². The highest BCUT2D eigenvalue weighted by molar-refractivity contribution is 14.0. The van der Waals surface area contributed by atoms with Gasteiger partial charge in [-0.1, -0.05) is 12.1 Å². The number of guanidine groups is 1. The van der Waals surface area contributed by atoms with E-state index in [4.69, 9.17) is 0 Å². The Bertz CT molecular complexity index is 796. The molecule has 1 saturated heterocycles. The molecule has 1 aromatic carbocycles. The van der Waals surface area contributed by atoms with E-state index in [1.807, 2.05) is 17.9 Å². The first-order chi connectivity index (χ1) is 12.8. The number of aryl methyl sites for hydroxylation is 1. The first kappa shape index (κ1) is 24.7. The molecule has 2 rings (SSSR count). The summed E-state index contributed by atoms with van der Waals surface area (Å²) in [5.41, 5.74) is 1.69. The smallest absolute Gasteiger partial charge is 0.222 e. The molecule has 2 N–H and O–H groups in total.